The van der Waals surface area contributed by atoms with Gasteiger partial charge in [-0.2, -0.15) is 0 Å². The summed E-state index contributed by atoms with van der Waals surface area (Å²) in [6.07, 6.45) is 3.10. The van der Waals surface area contributed by atoms with Gasteiger partial charge in [0.15, 0.2) is 11.5 Å². The zero-order valence-corrected chi connectivity index (χ0v) is 18.8. The Morgan fingerprint density at radius 2 is 2.06 bits per heavy atom. The van der Waals surface area contributed by atoms with Gasteiger partial charge < -0.3 is 19.0 Å². The second-order valence-corrected chi connectivity index (χ2v) is 8.21. The third kappa shape index (κ3) is 5.64. The Morgan fingerprint density at radius 1 is 1.19 bits per heavy atom. The van der Waals surface area contributed by atoms with E-state index in [1.54, 1.807) is 14.0 Å². The number of benzene rings is 2. The topological polar surface area (TPSA) is 60.9 Å². The first-order valence-corrected chi connectivity index (χ1v) is 11.1. The molecule has 6 nitrogen and oxygen atoms in total. The highest BCUT2D eigenvalue weighted by molar-refractivity contribution is 5.81. The number of pyridine rings is 1. The normalized spacial score (nSPS) is 16.8. The fourth-order valence-electron chi connectivity index (χ4n) is 4.05. The minimum atomic E-state index is -0.0149. The van der Waals surface area contributed by atoms with Crippen LogP contribution in [0.15, 0.2) is 54.7 Å². The van der Waals surface area contributed by atoms with Gasteiger partial charge in [0.25, 0.3) is 0 Å². The molecule has 0 aliphatic carbocycles. The van der Waals surface area contributed by atoms with Gasteiger partial charge >= 0.3 is 0 Å². The third-order valence-corrected chi connectivity index (χ3v) is 5.77. The number of carbonyl (C=O) groups excluding carboxylic acids is 1. The molecule has 1 atom stereocenters. The molecular formula is C26H30N2O4. The van der Waals surface area contributed by atoms with Crippen molar-refractivity contribution in [3.8, 4) is 11.5 Å². The van der Waals surface area contributed by atoms with Gasteiger partial charge in [0.2, 0.25) is 0 Å². The van der Waals surface area contributed by atoms with Gasteiger partial charge in [-0.1, -0.05) is 24.3 Å². The van der Waals surface area contributed by atoms with E-state index >= 15 is 0 Å². The Labute approximate surface area is 189 Å². The van der Waals surface area contributed by atoms with Gasteiger partial charge in [-0.25, -0.2) is 0 Å². The number of carbonyl (C=O) groups is 1. The zero-order chi connectivity index (χ0) is 22.3. The molecule has 1 saturated heterocycles. The quantitative estimate of drug-likeness (QED) is 0.507. The number of hydrogen-bond acceptors (Lipinski definition) is 6. The number of aromatic nitrogens is 1. The Hall–Kier alpha value is -2.96. The number of hydrogen-bond donors (Lipinski definition) is 0. The van der Waals surface area contributed by atoms with E-state index in [0.29, 0.717) is 37.6 Å². The largest absolute Gasteiger partial charge is 0.493 e. The van der Waals surface area contributed by atoms with Crippen molar-refractivity contribution in [3.05, 3.63) is 65.9 Å². The summed E-state index contributed by atoms with van der Waals surface area (Å²) in [4.78, 5) is 18.1. The molecule has 0 N–H and O–H groups in total. The second kappa shape index (κ2) is 10.6. The van der Waals surface area contributed by atoms with E-state index in [-0.39, 0.29) is 11.9 Å². The number of Topliss-reactive ketones (excluding diaryl/α,β-unsaturated/α-hetero) is 1. The number of para-hydroxylation sites is 1. The van der Waals surface area contributed by atoms with Crippen LogP contribution >= 0.6 is 0 Å². The summed E-state index contributed by atoms with van der Waals surface area (Å²) in [7, 11) is 1.63. The number of ether oxygens (including phenoxy) is 3. The van der Waals surface area contributed by atoms with Crippen LogP contribution in [0, 0.1) is 0 Å². The number of fused-ring (bicyclic) bond motifs is 1. The van der Waals surface area contributed by atoms with E-state index in [1.165, 1.54) is 10.9 Å². The van der Waals surface area contributed by atoms with Crippen molar-refractivity contribution >= 4 is 16.7 Å². The lowest BCUT2D eigenvalue weighted by molar-refractivity contribution is -0.116. The molecule has 1 fully saturated rings. The van der Waals surface area contributed by atoms with Crippen LogP contribution in [0.25, 0.3) is 10.9 Å². The van der Waals surface area contributed by atoms with Crippen molar-refractivity contribution in [2.45, 2.75) is 32.4 Å². The lowest BCUT2D eigenvalue weighted by atomic mass is 10.1. The summed E-state index contributed by atoms with van der Waals surface area (Å²) >= 11 is 0. The molecular weight excluding hydrogens is 404 g/mol. The number of rotatable bonds is 9. The van der Waals surface area contributed by atoms with Crippen LogP contribution in [0.3, 0.4) is 0 Å². The van der Waals surface area contributed by atoms with Gasteiger partial charge in [-0.15, -0.1) is 0 Å². The van der Waals surface area contributed by atoms with Crippen molar-refractivity contribution in [2.24, 2.45) is 0 Å². The summed E-state index contributed by atoms with van der Waals surface area (Å²) < 4.78 is 17.5. The third-order valence-electron chi connectivity index (χ3n) is 5.77. The molecule has 3 aromatic rings. The van der Waals surface area contributed by atoms with Crippen LogP contribution in [0.1, 0.15) is 24.5 Å². The van der Waals surface area contributed by atoms with E-state index in [9.17, 15) is 4.79 Å². The molecule has 32 heavy (non-hydrogen) atoms. The minimum Gasteiger partial charge on any atom is -0.493 e. The van der Waals surface area contributed by atoms with Crippen molar-refractivity contribution in [1.82, 2.24) is 9.88 Å². The smallest absolute Gasteiger partial charge is 0.161 e. The maximum absolute atomic E-state index is 11.2. The number of morpholine rings is 1. The Balaban J connectivity index is 1.35. The van der Waals surface area contributed by atoms with Gasteiger partial charge in [0.1, 0.15) is 18.5 Å². The molecule has 0 bridgehead atoms. The van der Waals surface area contributed by atoms with Crippen molar-refractivity contribution < 1.29 is 19.0 Å². The van der Waals surface area contributed by atoms with Crippen LogP contribution in [0.4, 0.5) is 0 Å². The number of methoxy groups -OCH3 is 1. The maximum atomic E-state index is 11.2. The molecule has 1 aliphatic rings. The molecule has 2 heterocycles. The summed E-state index contributed by atoms with van der Waals surface area (Å²) in [5, 5.41) is 1.20. The zero-order valence-electron chi connectivity index (χ0n) is 18.8. The SMILES string of the molecule is COc1cc(CCC(C)=O)ccc1OCC1CN(Cc2ccnc3ccccc23)CCO1. The fraction of sp³-hybridized carbons (Fsp3) is 0.385. The van der Waals surface area contributed by atoms with Crippen LogP contribution < -0.4 is 9.47 Å². The lowest BCUT2D eigenvalue weighted by Crippen LogP contribution is -2.44. The van der Waals surface area contributed by atoms with Crippen LogP contribution in [-0.2, 0) is 22.5 Å². The van der Waals surface area contributed by atoms with Crippen LogP contribution in [0.2, 0.25) is 0 Å². The molecule has 2 aromatic carbocycles. The number of aryl methyl sites for hydroxylation is 1. The highest BCUT2D eigenvalue weighted by Gasteiger charge is 2.22. The van der Waals surface area contributed by atoms with E-state index < -0.39 is 0 Å². The molecule has 168 valence electrons. The molecule has 0 radical (unpaired) electrons. The summed E-state index contributed by atoms with van der Waals surface area (Å²) in [5.74, 6) is 1.56. The first kappa shape index (κ1) is 22.2. The monoisotopic (exact) mass is 434 g/mol. The van der Waals surface area contributed by atoms with Crippen LogP contribution in [-0.4, -0.2) is 55.2 Å². The van der Waals surface area contributed by atoms with E-state index in [1.807, 2.05) is 36.5 Å². The first-order valence-electron chi connectivity index (χ1n) is 11.1. The summed E-state index contributed by atoms with van der Waals surface area (Å²) in [6, 6.07) is 16.2. The van der Waals surface area contributed by atoms with Crippen molar-refractivity contribution in [3.63, 3.8) is 0 Å². The molecule has 0 saturated carbocycles. The Bertz CT molecular complexity index is 1060. The average molecular weight is 435 g/mol. The maximum Gasteiger partial charge on any atom is 0.161 e. The van der Waals surface area contributed by atoms with Crippen molar-refractivity contribution in [2.75, 3.05) is 33.4 Å². The molecule has 6 heteroatoms. The molecule has 0 spiro atoms. The highest BCUT2D eigenvalue weighted by Crippen LogP contribution is 2.29. The second-order valence-electron chi connectivity index (χ2n) is 8.21. The molecule has 1 aliphatic heterocycles. The number of ketones is 1. The average Bonchev–Trinajstić information content (AvgIpc) is 2.82. The fourth-order valence-corrected chi connectivity index (χ4v) is 4.05. The van der Waals surface area contributed by atoms with Gasteiger partial charge in [0.05, 0.1) is 19.2 Å². The van der Waals surface area contributed by atoms with E-state index in [4.69, 9.17) is 14.2 Å². The molecule has 4 rings (SSSR count). The first-order chi connectivity index (χ1) is 15.6. The van der Waals surface area contributed by atoms with Gasteiger partial charge in [-0.05, 0) is 48.7 Å². The summed E-state index contributed by atoms with van der Waals surface area (Å²) in [5.41, 5.74) is 3.37. The summed E-state index contributed by atoms with van der Waals surface area (Å²) in [6.45, 7) is 5.29. The van der Waals surface area contributed by atoms with Gasteiger partial charge in [0, 0.05) is 37.6 Å². The molecule has 1 aromatic heterocycles. The molecule has 1 unspecified atom stereocenters. The lowest BCUT2D eigenvalue weighted by Gasteiger charge is -2.33. The van der Waals surface area contributed by atoms with E-state index in [0.717, 1.165) is 30.7 Å². The predicted octanol–water partition coefficient (Wildman–Crippen LogP) is 4.04. The Morgan fingerprint density at radius 3 is 2.91 bits per heavy atom. The predicted molar refractivity (Wildman–Crippen MR) is 124 cm³/mol. The van der Waals surface area contributed by atoms with E-state index in [2.05, 4.69) is 28.1 Å². The number of nitrogens with zero attached hydrogens (tertiary/aromatic N) is 2. The van der Waals surface area contributed by atoms with Gasteiger partial charge in [-0.3, -0.25) is 9.88 Å². The van der Waals surface area contributed by atoms with Crippen molar-refractivity contribution in [1.29, 1.82) is 0 Å². The standard InChI is InChI=1S/C26H30N2O4/c1-19(29)7-8-20-9-10-25(26(15-20)30-2)32-18-22-17-28(13-14-31-22)16-21-11-12-27-24-6-4-3-5-23(21)24/h3-6,9-12,15,22H,7-8,13-14,16-18H2,1-2H3. The molecule has 0 amide bonds. The Kier molecular flexibility index (Phi) is 7.35. The minimum absolute atomic E-state index is 0.0149. The van der Waals surface area contributed by atoms with Crippen LogP contribution in [0.5, 0.6) is 11.5 Å². The highest BCUT2D eigenvalue weighted by atomic mass is 16.5.